The number of ether oxygens (including phenoxy) is 1. The van der Waals surface area contributed by atoms with E-state index in [-0.39, 0.29) is 18.0 Å². The number of rotatable bonds is 8. The molecule has 3 heterocycles. The number of carbonyl (C=O) groups is 1. The maximum Gasteiger partial charge on any atom is 0.226 e. The van der Waals surface area contributed by atoms with Gasteiger partial charge in [-0.05, 0) is 74.8 Å². The number of carbonyl (C=O) groups excluding carboxylic acids is 1. The van der Waals surface area contributed by atoms with Crippen LogP contribution in [0.3, 0.4) is 0 Å². The predicted molar refractivity (Wildman–Crippen MR) is 141 cm³/mol. The summed E-state index contributed by atoms with van der Waals surface area (Å²) in [6.07, 6.45) is 4.57. The highest BCUT2D eigenvalue weighted by atomic mass is 32.1. The van der Waals surface area contributed by atoms with E-state index < -0.39 is 0 Å². The summed E-state index contributed by atoms with van der Waals surface area (Å²) in [4.78, 5) is 19.7. The number of hydrogen-bond acceptors (Lipinski definition) is 4. The minimum atomic E-state index is -0.0888. The molecule has 2 atom stereocenters. The molecular formula is C27H31N5O2S. The average Bonchev–Trinajstić information content (AvgIpc) is 3.58. The van der Waals surface area contributed by atoms with E-state index in [1.165, 1.54) is 29.8 Å². The van der Waals surface area contributed by atoms with Crippen molar-refractivity contribution in [2.45, 2.75) is 51.2 Å². The number of amides is 1. The number of aromatic nitrogens is 2. The molecule has 5 rings (SSSR count). The summed E-state index contributed by atoms with van der Waals surface area (Å²) in [6.45, 7) is 4.87. The summed E-state index contributed by atoms with van der Waals surface area (Å²) in [7, 11) is 1.60. The first-order valence-corrected chi connectivity index (χ1v) is 12.5. The van der Waals surface area contributed by atoms with Gasteiger partial charge in [-0.15, -0.1) is 0 Å². The zero-order valence-electron chi connectivity index (χ0n) is 20.3. The van der Waals surface area contributed by atoms with E-state index in [0.717, 1.165) is 5.69 Å². The molecule has 1 amide bonds. The Kier molecular flexibility index (Phi) is 6.47. The van der Waals surface area contributed by atoms with Crippen molar-refractivity contribution < 1.29 is 9.53 Å². The zero-order chi connectivity index (χ0) is 24.5. The van der Waals surface area contributed by atoms with Crippen molar-refractivity contribution in [1.82, 2.24) is 19.8 Å². The fraction of sp³-hybridized carbons (Fsp3) is 0.370. The van der Waals surface area contributed by atoms with E-state index in [0.29, 0.717) is 35.6 Å². The van der Waals surface area contributed by atoms with E-state index in [9.17, 15) is 4.79 Å². The molecule has 2 aliphatic rings. The molecule has 3 aromatic rings. The van der Waals surface area contributed by atoms with Gasteiger partial charge in [0.2, 0.25) is 5.91 Å². The van der Waals surface area contributed by atoms with Crippen LogP contribution in [0.2, 0.25) is 0 Å². The molecular weight excluding hydrogens is 458 g/mol. The van der Waals surface area contributed by atoms with E-state index in [4.69, 9.17) is 17.0 Å². The fourth-order valence-electron chi connectivity index (χ4n) is 5.16. The highest BCUT2D eigenvalue weighted by molar-refractivity contribution is 7.80. The van der Waals surface area contributed by atoms with E-state index >= 15 is 0 Å². The molecule has 1 aliphatic carbocycles. The number of pyridine rings is 1. The summed E-state index contributed by atoms with van der Waals surface area (Å²) in [5.74, 6) is 0.556. The SMILES string of the molecule is COc1ccccc1NC(=O)CCN1C(=S)N[C@H](c2ccccn2)[C@H]1c1cc(C)n(C2CC2)c1C. The number of methoxy groups -OCH3 is 1. The van der Waals surface area contributed by atoms with Crippen molar-refractivity contribution in [3.05, 3.63) is 77.4 Å². The molecule has 0 radical (unpaired) electrons. The number of anilines is 1. The van der Waals surface area contributed by atoms with E-state index in [1.807, 2.05) is 48.7 Å². The molecule has 1 saturated heterocycles. The minimum Gasteiger partial charge on any atom is -0.495 e. The highest BCUT2D eigenvalue weighted by Gasteiger charge is 2.42. The zero-order valence-corrected chi connectivity index (χ0v) is 21.1. The maximum atomic E-state index is 12.9. The lowest BCUT2D eigenvalue weighted by atomic mass is 9.96. The van der Waals surface area contributed by atoms with Crippen LogP contribution in [0.5, 0.6) is 5.75 Å². The first-order valence-electron chi connectivity index (χ1n) is 12.1. The fourth-order valence-corrected chi connectivity index (χ4v) is 5.50. The summed E-state index contributed by atoms with van der Waals surface area (Å²) in [5.41, 5.74) is 5.38. The number of para-hydroxylation sites is 2. The summed E-state index contributed by atoms with van der Waals surface area (Å²) in [5, 5.41) is 7.12. The van der Waals surface area contributed by atoms with Gasteiger partial charge in [0.15, 0.2) is 5.11 Å². The second-order valence-corrected chi connectivity index (χ2v) is 9.63. The van der Waals surface area contributed by atoms with Gasteiger partial charge >= 0.3 is 0 Å². The van der Waals surface area contributed by atoms with Crippen LogP contribution in [0.15, 0.2) is 54.7 Å². The third-order valence-electron chi connectivity index (χ3n) is 6.91. The van der Waals surface area contributed by atoms with Gasteiger partial charge in [0.25, 0.3) is 0 Å². The van der Waals surface area contributed by atoms with Crippen LogP contribution >= 0.6 is 12.2 Å². The third-order valence-corrected chi connectivity index (χ3v) is 7.27. The van der Waals surface area contributed by atoms with Gasteiger partial charge in [-0.3, -0.25) is 9.78 Å². The average molecular weight is 490 g/mol. The maximum absolute atomic E-state index is 12.9. The van der Waals surface area contributed by atoms with Crippen molar-refractivity contribution in [3.8, 4) is 5.75 Å². The van der Waals surface area contributed by atoms with E-state index in [2.05, 4.69) is 45.0 Å². The molecule has 7 nitrogen and oxygen atoms in total. The molecule has 35 heavy (non-hydrogen) atoms. The van der Waals surface area contributed by atoms with Crippen LogP contribution in [-0.2, 0) is 4.79 Å². The Morgan fingerprint density at radius 3 is 2.69 bits per heavy atom. The molecule has 8 heteroatoms. The van der Waals surface area contributed by atoms with Gasteiger partial charge in [-0.25, -0.2) is 0 Å². The number of thiocarbonyl (C=S) groups is 1. The lowest BCUT2D eigenvalue weighted by molar-refractivity contribution is -0.116. The van der Waals surface area contributed by atoms with Crippen LogP contribution in [0, 0.1) is 13.8 Å². The smallest absolute Gasteiger partial charge is 0.226 e. The molecule has 2 aromatic heterocycles. The summed E-state index contributed by atoms with van der Waals surface area (Å²) < 4.78 is 7.82. The topological polar surface area (TPSA) is 71.4 Å². The van der Waals surface area contributed by atoms with Crippen molar-refractivity contribution >= 4 is 28.9 Å². The van der Waals surface area contributed by atoms with Gasteiger partial charge in [-0.1, -0.05) is 18.2 Å². The monoisotopic (exact) mass is 489 g/mol. The molecule has 1 aliphatic heterocycles. The molecule has 1 aromatic carbocycles. The summed E-state index contributed by atoms with van der Waals surface area (Å²) >= 11 is 5.79. The Bertz CT molecular complexity index is 1240. The van der Waals surface area contributed by atoms with Crippen LogP contribution in [0.25, 0.3) is 0 Å². The van der Waals surface area contributed by atoms with Gasteiger partial charge in [0, 0.05) is 36.6 Å². The molecule has 0 unspecified atom stereocenters. The lowest BCUT2D eigenvalue weighted by Gasteiger charge is -2.28. The van der Waals surface area contributed by atoms with Crippen LogP contribution in [0.4, 0.5) is 5.69 Å². The van der Waals surface area contributed by atoms with Crippen molar-refractivity contribution in [2.75, 3.05) is 19.0 Å². The Labute approximate surface area is 211 Å². The van der Waals surface area contributed by atoms with Crippen molar-refractivity contribution in [2.24, 2.45) is 0 Å². The quantitative estimate of drug-likeness (QED) is 0.441. The Balaban J connectivity index is 1.41. The standard InChI is InChI=1S/C27H31N5O2S/c1-17-16-20(18(2)32(17)19-11-12-19)26-25(22-9-6-7-14-28-22)30-27(35)31(26)15-13-24(33)29-21-8-4-5-10-23(21)34-3/h4-10,14,16,19,25-26H,11-13,15H2,1-3H3,(H,29,33)(H,30,35)/t25-,26-/m1/s1. The molecule has 0 spiro atoms. The number of benzene rings is 1. The van der Waals surface area contributed by atoms with Crippen LogP contribution in [0.1, 0.15) is 60.0 Å². The lowest BCUT2D eigenvalue weighted by Crippen LogP contribution is -2.33. The van der Waals surface area contributed by atoms with E-state index in [1.54, 1.807) is 7.11 Å². The highest BCUT2D eigenvalue weighted by Crippen LogP contribution is 2.44. The second kappa shape index (κ2) is 9.70. The molecule has 182 valence electrons. The molecule has 2 fully saturated rings. The largest absolute Gasteiger partial charge is 0.495 e. The molecule has 2 N–H and O–H groups in total. The van der Waals surface area contributed by atoms with Crippen LogP contribution < -0.4 is 15.4 Å². The molecule has 0 bridgehead atoms. The normalized spacial score (nSPS) is 19.5. The Morgan fingerprint density at radius 1 is 1.20 bits per heavy atom. The Morgan fingerprint density at radius 2 is 1.97 bits per heavy atom. The minimum absolute atomic E-state index is 0.0461. The number of nitrogens with zero attached hydrogens (tertiary/aromatic N) is 3. The third kappa shape index (κ3) is 4.62. The van der Waals surface area contributed by atoms with Crippen molar-refractivity contribution in [1.29, 1.82) is 0 Å². The first-order chi connectivity index (χ1) is 17.0. The number of hydrogen-bond donors (Lipinski definition) is 2. The Hall–Kier alpha value is -3.39. The second-order valence-electron chi connectivity index (χ2n) is 9.25. The predicted octanol–water partition coefficient (Wildman–Crippen LogP) is 4.84. The number of nitrogens with one attached hydrogen (secondary N) is 2. The molecule has 1 saturated carbocycles. The van der Waals surface area contributed by atoms with Gasteiger partial charge in [0.05, 0.1) is 30.6 Å². The van der Waals surface area contributed by atoms with Crippen LogP contribution in [-0.4, -0.2) is 39.1 Å². The number of aryl methyl sites for hydroxylation is 1. The summed E-state index contributed by atoms with van der Waals surface area (Å²) in [6, 6.07) is 16.1. The van der Waals surface area contributed by atoms with Gasteiger partial charge < -0.3 is 24.8 Å². The van der Waals surface area contributed by atoms with Gasteiger partial charge in [-0.2, -0.15) is 0 Å². The van der Waals surface area contributed by atoms with Gasteiger partial charge in [0.1, 0.15) is 5.75 Å². The van der Waals surface area contributed by atoms with Crippen molar-refractivity contribution in [3.63, 3.8) is 0 Å². The first kappa shape index (κ1) is 23.4.